The van der Waals surface area contributed by atoms with Crippen molar-refractivity contribution in [2.75, 3.05) is 72.6 Å². The summed E-state index contributed by atoms with van der Waals surface area (Å²) in [6.45, 7) is 54.8. The average molecular weight is 1910 g/mol. The van der Waals surface area contributed by atoms with E-state index >= 15 is 0 Å². The lowest BCUT2D eigenvalue weighted by Crippen LogP contribution is -2.67. The highest BCUT2D eigenvalue weighted by molar-refractivity contribution is 6.09. The Balaban J connectivity index is 0.000000147. The van der Waals surface area contributed by atoms with Gasteiger partial charge in [0.25, 0.3) is 0 Å². The molecule has 0 spiro atoms. The molecule has 6 aromatic rings. The van der Waals surface area contributed by atoms with E-state index in [1.54, 1.807) is 21.0 Å². The van der Waals surface area contributed by atoms with Crippen LogP contribution < -0.4 is 4.74 Å². The summed E-state index contributed by atoms with van der Waals surface area (Å²) < 4.78 is 34.0. The third-order valence-corrected chi connectivity index (χ3v) is 34.6. The van der Waals surface area contributed by atoms with Gasteiger partial charge < -0.3 is 30.1 Å². The van der Waals surface area contributed by atoms with Crippen LogP contribution in [0.5, 0.6) is 5.75 Å². The number of aromatic amines is 1. The number of Topliss-reactive ketones (excluding diaryl/α,β-unsaturated/α-hetero) is 2. The molecule has 0 aliphatic carbocycles. The van der Waals surface area contributed by atoms with Crippen molar-refractivity contribution in [3.05, 3.63) is 218 Å². The molecule has 140 heavy (non-hydrogen) atoms. The van der Waals surface area contributed by atoms with Crippen LogP contribution in [0.4, 0.5) is 22.7 Å². The number of carbonyl (C=O) groups excluding carboxylic acids is 8. The van der Waals surface area contributed by atoms with Gasteiger partial charge in [0.1, 0.15) is 28.2 Å². The molecule has 20 rings (SSSR count). The van der Waals surface area contributed by atoms with Crippen molar-refractivity contribution in [2.24, 2.45) is 79.1 Å². The summed E-state index contributed by atoms with van der Waals surface area (Å²) in [5.41, 5.74) is 19.7. The topological polar surface area (TPSA) is 308 Å². The number of aromatic nitrogens is 1. The monoisotopic (exact) mass is 1910 g/mol. The molecule has 23 heteroatoms. The van der Waals surface area contributed by atoms with Gasteiger partial charge in [-0.15, -0.1) is 6.58 Å². The third kappa shape index (κ3) is 19.4. The molecule has 0 unspecified atom stereocenters. The zero-order valence-electron chi connectivity index (χ0n) is 89.6. The van der Waals surface area contributed by atoms with E-state index in [0.29, 0.717) is 110 Å². The van der Waals surface area contributed by atoms with E-state index in [2.05, 4.69) is 175 Å². The second-order valence-corrected chi connectivity index (χ2v) is 41.5. The molecule has 1 aromatic heterocycles. The fourth-order valence-electron chi connectivity index (χ4n) is 27.0. The molecule has 0 radical (unpaired) electrons. The maximum atomic E-state index is 12.4. The largest absolute Gasteiger partial charge is 0.496 e. The van der Waals surface area contributed by atoms with E-state index in [0.717, 1.165) is 199 Å². The van der Waals surface area contributed by atoms with E-state index in [-0.39, 0.29) is 52.9 Å². The number of nitrogens with one attached hydrogen (secondary N) is 1. The fourth-order valence-corrected chi connectivity index (χ4v) is 27.0. The molecule has 748 valence electrons. The van der Waals surface area contributed by atoms with Gasteiger partial charge in [-0.2, -0.15) is 28.8 Å². The normalized spacial score (nSPS) is 33.4. The number of carbonyl (C=O) groups is 2. The number of rotatable bonds is 13. The first-order valence-electron chi connectivity index (χ1n) is 52.4. The molecule has 15 heterocycles. The number of H-pyrrole nitrogens is 1. The van der Waals surface area contributed by atoms with Gasteiger partial charge >= 0.3 is 18.5 Å². The number of ether oxygens (including phenoxy) is 1. The second-order valence-electron chi connectivity index (χ2n) is 41.5. The molecule has 23 nitrogen and oxygen atoms in total. The van der Waals surface area contributed by atoms with Gasteiger partial charge in [0.15, 0.2) is 11.6 Å². The van der Waals surface area contributed by atoms with Crippen molar-refractivity contribution in [2.45, 2.75) is 280 Å². The van der Waals surface area contributed by atoms with Crippen LogP contribution in [-0.2, 0) is 72.7 Å². The first kappa shape index (κ1) is 103. The molecular weight excluding hydrogens is 1750 g/mol. The molecule has 14 aliphatic rings. The minimum atomic E-state index is -1.17. The predicted octanol–water partition coefficient (Wildman–Crippen LogP) is 20.2. The van der Waals surface area contributed by atoms with E-state index in [4.69, 9.17) is 53.5 Å². The lowest BCUT2D eigenvalue weighted by molar-refractivity contribution is -0.193. The molecule has 0 amide bonds. The Bertz CT molecular complexity index is 6090. The molecule has 9 fully saturated rings. The highest BCUT2D eigenvalue weighted by Gasteiger charge is 2.61. The third-order valence-electron chi connectivity index (χ3n) is 34.6. The lowest BCUT2D eigenvalue weighted by atomic mass is 9.64. The zero-order chi connectivity index (χ0) is 105. The number of allylic oxidation sites excluding steroid dienone is 10. The number of hydrogen-bond donors (Lipinski definition) is 5. The maximum absolute atomic E-state index is 12.4. The van der Waals surface area contributed by atoms with Crippen molar-refractivity contribution in [1.82, 2.24) is 29.5 Å². The minimum absolute atomic E-state index is 0.0242. The first-order valence-corrected chi connectivity index (χ1v) is 50.9. The van der Waals surface area contributed by atoms with E-state index in [1.165, 1.54) is 39.8 Å². The van der Waals surface area contributed by atoms with Crippen LogP contribution in [0.2, 0.25) is 0 Å². The summed E-state index contributed by atoms with van der Waals surface area (Å²) in [6, 6.07) is 27.4. The SMILES string of the molecule is C/C=C(/C(C)=O)[C@H]1C[C@@]2(C)c3[nH]c4cccc(OC)c4c3CCN2C[C@H]1CC.C/C=C(/C)[C@H]1C[C@@]2(C)C3=Nc4cccc(C)c4[C@@]3(O)CCN2C[C@H]1CC.O=C=O.O=C=O.O=C=O.[2H][C@@]12C[C@H](/C(C)=C\C)[C@@H](C=C)CN1CC[C@@]1(O)C2=Nc2cccc(C)c21.[2H][C@@]12C[C@H](/C(C)=C\C)[C@@H](CC)CN1CC[C@@]1(O)C2=Nc2cccc(C)c21.[2H][C@]12C[C@H](/C(=C\C)C(C)=O)[C@H](CC)CN1CC[C@@]1(O)C2=Nc2cccc(C)c21. The van der Waals surface area contributed by atoms with E-state index < -0.39 is 40.5 Å². The number of fused-ring (bicyclic) bond motifs is 25. The van der Waals surface area contributed by atoms with Gasteiger partial charge in [0, 0.05) is 104 Å². The van der Waals surface area contributed by atoms with E-state index in [9.17, 15) is 34.1 Å². The summed E-state index contributed by atoms with van der Waals surface area (Å²) in [6.07, 6.45) is 25.2. The highest BCUT2D eigenvalue weighted by Crippen LogP contribution is 2.58. The Morgan fingerprint density at radius 2 is 0.821 bits per heavy atom. The molecule has 5 aromatic carbocycles. The van der Waals surface area contributed by atoms with Crippen molar-refractivity contribution >= 4 is 86.5 Å². The van der Waals surface area contributed by atoms with Crippen LogP contribution in [0.3, 0.4) is 0 Å². The Hall–Kier alpha value is -10.3. The van der Waals surface area contributed by atoms with Crippen LogP contribution in [0, 0.1) is 86.9 Å². The van der Waals surface area contributed by atoms with Crippen molar-refractivity contribution in [1.29, 1.82) is 0 Å². The summed E-state index contributed by atoms with van der Waals surface area (Å²) in [5.74, 6) is 5.28. The average Bonchev–Trinajstić information content (AvgIpc) is 1.57. The number of piperidine rings is 9. The smallest absolute Gasteiger partial charge is 0.373 e. The van der Waals surface area contributed by atoms with Gasteiger partial charge in [-0.3, -0.25) is 54.1 Å². The predicted molar refractivity (Wildman–Crippen MR) is 552 cm³/mol. The minimum Gasteiger partial charge on any atom is -0.496 e. The van der Waals surface area contributed by atoms with Crippen LogP contribution in [-0.4, -0.2) is 199 Å². The summed E-state index contributed by atoms with van der Waals surface area (Å²) in [7, 11) is 1.75. The molecule has 0 bridgehead atoms. The highest BCUT2D eigenvalue weighted by atomic mass is 16.5. The Kier molecular flexibility index (Phi) is 32.4. The quantitative estimate of drug-likeness (QED) is 0.0530. The van der Waals surface area contributed by atoms with Crippen molar-refractivity contribution < 1.29 is 67.6 Å². The zero-order valence-corrected chi connectivity index (χ0v) is 86.6. The standard InChI is InChI=1S/C24H32N2O2.C23H30N2O2.C23H32N2O.C22H30N2O.C22H28N2O.3CO2/c1-6-16-14-26-12-11-18-22-20(9-8-10-21(22)28-5)25-23(18)24(26,4)13-19(16)17(7-2)15(3)27;1-5-16-13-25-11-10-23(27)21-14(3)8-7-9-19(21)24-22(23)20(25)12-18(16)17(6-2)15(4)26;1-6-15(3)18-13-22(5)21-23(26,11-12-25(22)14-17(18)7-2)20-16(4)9-8-10-19(20)24-21;2*1-5-14(3)17-12-19-21-22(25,10-11-24(19)13-16(17)6-2)20-15(4)8-7-9-18(20)23-21;3*2-1-3/h7-10,16,19,25H,6,11-14H2,1-5H3;6-9,16,18,20,27H,5,10-13H2,1-4H3;6,8-10,17-18,26H,7,11-14H2,1-5H3;5,7-9,16-17,19,25H,6,10-13H2,1-4H3;5-9,16-17,19,25H,2,10-13H2,1,3-4H3;;;/b17-7-;17-6-;15-6-;2*14-5-;;;/t16-,19+,24+;16-,18+,20-,23+;17-,18-,22+,23+;2*16-,17+,19-,22-;;;/m11100.../s1/i;20D;;2*19D;;;. The molecule has 0 saturated carbocycles. The number of aryl methyl sites for hydroxylation is 4. The number of benzene rings is 5. The number of methoxy groups -OCH3 is 1. The lowest BCUT2D eigenvalue weighted by Gasteiger charge is -2.57. The molecule has 19 atom stereocenters. The van der Waals surface area contributed by atoms with Crippen LogP contribution >= 0.6 is 0 Å². The summed E-state index contributed by atoms with van der Waals surface area (Å²) in [4.78, 5) is 109. The molecule has 9 saturated heterocycles. The maximum Gasteiger partial charge on any atom is 0.373 e. The van der Waals surface area contributed by atoms with Gasteiger partial charge in [-0.05, 0) is 310 Å². The van der Waals surface area contributed by atoms with Gasteiger partial charge in [0.2, 0.25) is 0 Å². The van der Waals surface area contributed by atoms with Crippen LogP contribution in [0.25, 0.3) is 10.9 Å². The number of nitrogens with zero attached hydrogens (tertiary/aromatic N) is 9. The number of aliphatic hydroxyl groups is 4. The Morgan fingerprint density at radius 3 is 1.24 bits per heavy atom. The van der Waals surface area contributed by atoms with Gasteiger partial charge in [0.05, 0.1) is 85.9 Å². The number of hydrogen-bond acceptors (Lipinski definition) is 22. The number of aliphatic imine (C=N–C) groups is 4. The Labute approximate surface area is 834 Å². The molecule has 14 aliphatic heterocycles. The Morgan fingerprint density at radius 1 is 0.464 bits per heavy atom. The van der Waals surface area contributed by atoms with Crippen molar-refractivity contribution in [3.63, 3.8) is 0 Å². The second kappa shape index (κ2) is 44.3. The summed E-state index contributed by atoms with van der Waals surface area (Å²) >= 11 is 0. The van der Waals surface area contributed by atoms with Crippen LogP contribution in [0.1, 0.15) is 254 Å². The molecule has 5 N–H and O–H groups in total. The molecular formula is C117H152N10O13. The summed E-state index contributed by atoms with van der Waals surface area (Å²) in [5, 5.41) is 48.0. The first-order chi connectivity index (χ1) is 68.0. The van der Waals surface area contributed by atoms with Crippen LogP contribution in [0.15, 0.2) is 182 Å². The number of ketones is 2. The van der Waals surface area contributed by atoms with Crippen molar-refractivity contribution in [3.8, 4) is 5.75 Å². The fraction of sp³-hybridized carbons (Fsp3) is 0.547. The van der Waals surface area contributed by atoms with Gasteiger partial charge in [-0.25, -0.2) is 0 Å². The van der Waals surface area contributed by atoms with Gasteiger partial charge in [-0.1, -0.05) is 161 Å². The van der Waals surface area contributed by atoms with E-state index in [1.807, 2.05) is 114 Å².